The first kappa shape index (κ1) is 27.6. The Hall–Kier alpha value is -5.59. The van der Waals surface area contributed by atoms with Gasteiger partial charge < -0.3 is 16.0 Å². The van der Waals surface area contributed by atoms with Gasteiger partial charge in [0.15, 0.2) is 0 Å². The number of aromatic amines is 1. The summed E-state index contributed by atoms with van der Waals surface area (Å²) in [6.07, 6.45) is 5.05. The second-order valence-corrected chi connectivity index (χ2v) is 11.1. The fourth-order valence-corrected chi connectivity index (χ4v) is 4.75. The largest absolute Gasteiger partial charge is 0.357 e. The number of anilines is 3. The van der Waals surface area contributed by atoms with Gasteiger partial charge in [0.2, 0.25) is 5.95 Å². The Balaban J connectivity index is 1.32. The summed E-state index contributed by atoms with van der Waals surface area (Å²) >= 11 is 0. The van der Waals surface area contributed by atoms with Crippen molar-refractivity contribution in [2.45, 2.75) is 26.3 Å². The zero-order valence-electron chi connectivity index (χ0n) is 24.2. The molecule has 0 bridgehead atoms. The van der Waals surface area contributed by atoms with E-state index in [4.69, 9.17) is 5.10 Å². The number of halogens is 1. The molecule has 2 aromatic carbocycles. The highest BCUT2D eigenvalue weighted by molar-refractivity contribution is 6.02. The Morgan fingerprint density at radius 3 is 2.51 bits per heavy atom. The van der Waals surface area contributed by atoms with Crippen molar-refractivity contribution in [2.75, 3.05) is 23.0 Å². The number of carbonyl (C=O) groups is 1. The lowest BCUT2D eigenvalue weighted by molar-refractivity contribution is 0.262. The van der Waals surface area contributed by atoms with E-state index in [1.54, 1.807) is 43.4 Å². The first-order valence-corrected chi connectivity index (χ1v) is 13.5. The van der Waals surface area contributed by atoms with E-state index in [1.807, 2.05) is 39.0 Å². The minimum Gasteiger partial charge on any atom is -0.357 e. The van der Waals surface area contributed by atoms with Crippen molar-refractivity contribution >= 4 is 45.3 Å². The van der Waals surface area contributed by atoms with Gasteiger partial charge in [0.25, 0.3) is 5.56 Å². The summed E-state index contributed by atoms with van der Waals surface area (Å²) in [4.78, 5) is 35.0. The molecular weight excluding hydrogens is 551 g/mol. The number of nitrogens with zero attached hydrogens (tertiary/aromatic N) is 6. The molecule has 6 aromatic rings. The van der Waals surface area contributed by atoms with Gasteiger partial charge in [-0.05, 0) is 56.7 Å². The van der Waals surface area contributed by atoms with E-state index in [0.717, 1.165) is 16.5 Å². The molecule has 0 aliphatic carbocycles. The molecule has 6 rings (SSSR count). The predicted molar refractivity (Wildman–Crippen MR) is 165 cm³/mol. The van der Waals surface area contributed by atoms with Crippen LogP contribution in [-0.2, 0) is 12.6 Å². The average Bonchev–Trinajstić information content (AvgIpc) is 3.63. The van der Waals surface area contributed by atoms with Crippen molar-refractivity contribution < 1.29 is 9.18 Å². The third kappa shape index (κ3) is 5.16. The van der Waals surface area contributed by atoms with Crippen LogP contribution < -0.4 is 21.5 Å². The Morgan fingerprint density at radius 2 is 1.74 bits per heavy atom. The number of hydrogen-bond donors (Lipinski definition) is 4. The summed E-state index contributed by atoms with van der Waals surface area (Å²) in [5, 5.41) is 21.5. The van der Waals surface area contributed by atoms with E-state index in [1.165, 1.54) is 22.8 Å². The summed E-state index contributed by atoms with van der Waals surface area (Å²) in [5.41, 5.74) is 3.03. The third-order valence-electron chi connectivity index (χ3n) is 7.06. The van der Waals surface area contributed by atoms with Crippen LogP contribution in [-0.4, -0.2) is 47.6 Å². The summed E-state index contributed by atoms with van der Waals surface area (Å²) in [7, 11) is 3.30. The second kappa shape index (κ2) is 10.4. The molecular formula is C30H29FN10O2. The normalized spacial score (nSPS) is 11.7. The highest BCUT2D eigenvalue weighted by Crippen LogP contribution is 2.32. The van der Waals surface area contributed by atoms with Gasteiger partial charge in [-0.3, -0.25) is 19.1 Å². The number of aryl methyl sites for hydroxylation is 1. The number of amides is 2. The van der Waals surface area contributed by atoms with E-state index >= 15 is 0 Å². The van der Waals surface area contributed by atoms with Crippen LogP contribution in [0.4, 0.5) is 26.5 Å². The molecule has 0 radical (unpaired) electrons. The quantitative estimate of drug-likeness (QED) is 0.216. The number of carbonyl (C=O) groups excluding carboxylic acids is 1. The van der Waals surface area contributed by atoms with Gasteiger partial charge in [-0.2, -0.15) is 15.2 Å². The van der Waals surface area contributed by atoms with Crippen LogP contribution in [0.2, 0.25) is 0 Å². The second-order valence-electron chi connectivity index (χ2n) is 11.1. The van der Waals surface area contributed by atoms with E-state index in [9.17, 15) is 14.0 Å². The van der Waals surface area contributed by atoms with Crippen molar-refractivity contribution in [3.05, 3.63) is 77.2 Å². The molecule has 0 spiro atoms. The highest BCUT2D eigenvalue weighted by Gasteiger charge is 2.21. The van der Waals surface area contributed by atoms with Gasteiger partial charge in [0, 0.05) is 48.4 Å². The first-order chi connectivity index (χ1) is 20.5. The summed E-state index contributed by atoms with van der Waals surface area (Å²) < 4.78 is 18.1. The van der Waals surface area contributed by atoms with Crippen molar-refractivity contribution in [3.8, 4) is 22.4 Å². The molecule has 0 unspecified atom stereocenters. The minimum absolute atomic E-state index is 0.0940. The van der Waals surface area contributed by atoms with Crippen LogP contribution in [0.15, 0.2) is 65.8 Å². The number of nitrogens with one attached hydrogen (secondary N) is 4. The van der Waals surface area contributed by atoms with Gasteiger partial charge in [0.1, 0.15) is 17.2 Å². The number of pyridine rings is 1. The van der Waals surface area contributed by atoms with Crippen LogP contribution in [0, 0.1) is 5.82 Å². The molecule has 0 saturated heterocycles. The number of benzene rings is 2. The molecule has 0 aliphatic rings. The third-order valence-corrected chi connectivity index (χ3v) is 7.06. The summed E-state index contributed by atoms with van der Waals surface area (Å²) in [5.74, 6) is -0.276. The molecule has 2 amide bonds. The molecule has 4 heterocycles. The summed E-state index contributed by atoms with van der Waals surface area (Å²) in [6.45, 7) is 5.99. The van der Waals surface area contributed by atoms with Crippen LogP contribution in [0.5, 0.6) is 0 Å². The topological polar surface area (TPSA) is 147 Å². The zero-order chi connectivity index (χ0) is 30.5. The zero-order valence-corrected chi connectivity index (χ0v) is 24.2. The fraction of sp³-hybridized carbons (Fsp3) is 0.200. The maximum absolute atomic E-state index is 14.9. The molecule has 0 saturated carbocycles. The molecule has 12 nitrogen and oxygen atoms in total. The number of fused-ring (bicyclic) bond motifs is 2. The minimum atomic E-state index is -0.672. The predicted octanol–water partition coefficient (Wildman–Crippen LogP) is 5.32. The smallest absolute Gasteiger partial charge is 0.323 e. The van der Waals surface area contributed by atoms with Crippen molar-refractivity contribution in [2.24, 2.45) is 7.05 Å². The maximum Gasteiger partial charge on any atom is 0.323 e. The molecule has 218 valence electrons. The first-order valence-electron chi connectivity index (χ1n) is 13.5. The average molecular weight is 581 g/mol. The number of urea groups is 1. The van der Waals surface area contributed by atoms with Gasteiger partial charge in [-0.25, -0.2) is 14.2 Å². The monoisotopic (exact) mass is 580 g/mol. The lowest BCUT2D eigenvalue weighted by Crippen LogP contribution is -2.22. The van der Waals surface area contributed by atoms with Gasteiger partial charge in [-0.1, -0.05) is 12.1 Å². The lowest BCUT2D eigenvalue weighted by atomic mass is 10.1. The Kier molecular flexibility index (Phi) is 6.64. The van der Waals surface area contributed by atoms with Crippen LogP contribution in [0.3, 0.4) is 0 Å². The highest BCUT2D eigenvalue weighted by atomic mass is 19.1. The maximum atomic E-state index is 14.9. The van der Waals surface area contributed by atoms with Gasteiger partial charge >= 0.3 is 6.03 Å². The lowest BCUT2D eigenvalue weighted by Gasteiger charge is -2.18. The van der Waals surface area contributed by atoms with E-state index < -0.39 is 11.8 Å². The van der Waals surface area contributed by atoms with Crippen molar-refractivity contribution in [1.82, 2.24) is 34.5 Å². The van der Waals surface area contributed by atoms with Gasteiger partial charge in [0.05, 0.1) is 28.6 Å². The number of hydrogen-bond acceptors (Lipinski definition) is 7. The van der Waals surface area contributed by atoms with E-state index in [2.05, 4.69) is 36.1 Å². The SMILES string of the molecule is CNc1ncc2cc(-c3ccc(F)c(NC(=O)Nc4cn(C(C)(C)C)nc4-c4ccc5[nH]ncc5c4)c3)c(=O)n(C)c2n1. The Labute approximate surface area is 245 Å². The molecule has 0 atom stereocenters. The number of rotatable bonds is 5. The Morgan fingerprint density at radius 1 is 0.977 bits per heavy atom. The Bertz CT molecular complexity index is 2090. The fourth-order valence-electron chi connectivity index (χ4n) is 4.75. The van der Waals surface area contributed by atoms with Crippen molar-refractivity contribution in [3.63, 3.8) is 0 Å². The summed E-state index contributed by atoms with van der Waals surface area (Å²) in [6, 6.07) is 10.8. The molecule has 0 aliphatic heterocycles. The van der Waals surface area contributed by atoms with E-state index in [-0.39, 0.29) is 16.8 Å². The molecule has 4 aromatic heterocycles. The van der Waals surface area contributed by atoms with Crippen LogP contribution in [0.1, 0.15) is 20.8 Å². The molecule has 43 heavy (non-hydrogen) atoms. The van der Waals surface area contributed by atoms with Crippen LogP contribution >= 0.6 is 0 Å². The standard InChI is InChI=1S/C30H29FN10O2/c1-30(2,3)41-15-24(25(39-41)17-7-9-22-18(10-17)14-34-38-22)36-29(43)35-23-12-16(6-8-21(23)31)20-11-19-13-33-28(32-4)37-26(19)40(5)27(20)42/h6-15H,1-5H3,(H,34,38)(H,32,33,37)(H2,35,36,43). The number of H-pyrrole nitrogens is 1. The molecule has 13 heteroatoms. The van der Waals surface area contributed by atoms with Crippen molar-refractivity contribution in [1.29, 1.82) is 0 Å². The van der Waals surface area contributed by atoms with Crippen LogP contribution in [0.25, 0.3) is 44.3 Å². The molecule has 4 N–H and O–H groups in total. The number of aromatic nitrogens is 7. The van der Waals surface area contributed by atoms with Gasteiger partial charge in [-0.15, -0.1) is 0 Å². The molecule has 0 fully saturated rings. The van der Waals surface area contributed by atoms with E-state index in [0.29, 0.717) is 39.5 Å².